The van der Waals surface area contributed by atoms with E-state index in [1.807, 2.05) is 75.4 Å². The van der Waals surface area contributed by atoms with Crippen molar-refractivity contribution in [3.05, 3.63) is 71.3 Å². The molecule has 0 heterocycles. The van der Waals surface area contributed by atoms with Crippen molar-refractivity contribution in [3.8, 4) is 5.75 Å². The predicted octanol–water partition coefficient (Wildman–Crippen LogP) is 4.68. The van der Waals surface area contributed by atoms with Crippen molar-refractivity contribution in [1.82, 2.24) is 0 Å². The Morgan fingerprint density at radius 3 is 2.19 bits per heavy atom. The molecule has 0 saturated heterocycles. The summed E-state index contributed by atoms with van der Waals surface area (Å²) in [6.45, 7) is 5.99. The molecule has 0 spiro atoms. The number of carbonyl (C=O) groups is 1. The molecule has 0 atom stereocenters. The summed E-state index contributed by atoms with van der Waals surface area (Å²) in [4.78, 5) is 12.0. The fraction of sp³-hybridized carbons (Fsp3) is 0.211. The lowest BCUT2D eigenvalue weighted by Gasteiger charge is -2.09. The van der Waals surface area contributed by atoms with Crippen LogP contribution in [0.3, 0.4) is 0 Å². The third kappa shape index (κ3) is 4.60. The zero-order valence-electron chi connectivity index (χ0n) is 12.7. The zero-order valence-corrected chi connectivity index (χ0v) is 12.7. The van der Waals surface area contributed by atoms with Crippen LogP contribution in [0, 0.1) is 6.92 Å². The molecule has 0 saturated carbocycles. The number of hydrogen-bond donors (Lipinski definition) is 0. The lowest BCUT2D eigenvalue weighted by Crippen LogP contribution is -2.05. The van der Waals surface area contributed by atoms with Crippen molar-refractivity contribution in [2.45, 2.75) is 26.9 Å². The van der Waals surface area contributed by atoms with Crippen molar-refractivity contribution in [1.29, 1.82) is 0 Å². The quantitative estimate of drug-likeness (QED) is 0.587. The lowest BCUT2D eigenvalue weighted by atomic mass is 10.1. The van der Waals surface area contributed by atoms with Crippen LogP contribution in [0.1, 0.15) is 35.3 Å². The second-order valence-corrected chi connectivity index (χ2v) is 5.30. The number of ketones is 1. The predicted molar refractivity (Wildman–Crippen MR) is 86.7 cm³/mol. The average molecular weight is 280 g/mol. The van der Waals surface area contributed by atoms with E-state index in [0.29, 0.717) is 5.56 Å². The van der Waals surface area contributed by atoms with Gasteiger partial charge < -0.3 is 4.74 Å². The molecule has 2 aromatic rings. The molecule has 2 rings (SSSR count). The summed E-state index contributed by atoms with van der Waals surface area (Å²) >= 11 is 0. The summed E-state index contributed by atoms with van der Waals surface area (Å²) in [6.07, 6.45) is 3.58. The molecule has 2 aromatic carbocycles. The molecule has 0 aliphatic heterocycles. The molecule has 108 valence electrons. The highest BCUT2D eigenvalue weighted by Crippen LogP contribution is 2.15. The highest BCUT2D eigenvalue weighted by molar-refractivity contribution is 6.06. The molecule has 2 nitrogen and oxygen atoms in total. The van der Waals surface area contributed by atoms with Crippen molar-refractivity contribution in [3.63, 3.8) is 0 Å². The first kappa shape index (κ1) is 15.0. The molecule has 0 aliphatic carbocycles. The normalized spacial score (nSPS) is 11.0. The van der Waals surface area contributed by atoms with E-state index in [1.165, 1.54) is 0 Å². The minimum absolute atomic E-state index is 0.0116. The monoisotopic (exact) mass is 280 g/mol. The van der Waals surface area contributed by atoms with E-state index >= 15 is 0 Å². The first-order valence-electron chi connectivity index (χ1n) is 7.10. The van der Waals surface area contributed by atoms with Crippen molar-refractivity contribution in [2.24, 2.45) is 0 Å². The third-order valence-electron chi connectivity index (χ3n) is 3.02. The maximum absolute atomic E-state index is 12.0. The molecule has 0 aliphatic rings. The van der Waals surface area contributed by atoms with Crippen LogP contribution in [0.4, 0.5) is 0 Å². The van der Waals surface area contributed by atoms with Gasteiger partial charge in [-0.05, 0) is 44.5 Å². The minimum Gasteiger partial charge on any atom is -0.491 e. The van der Waals surface area contributed by atoms with Crippen molar-refractivity contribution >= 4 is 11.9 Å². The summed E-state index contributed by atoms with van der Waals surface area (Å²) in [7, 11) is 0. The SMILES string of the molecule is Cc1ccc(C(=O)/C=C/c2ccc(OC(C)C)cc2)cc1. The average Bonchev–Trinajstić information content (AvgIpc) is 2.46. The smallest absolute Gasteiger partial charge is 0.185 e. The van der Waals surface area contributed by atoms with Crippen LogP contribution in [0.15, 0.2) is 54.6 Å². The van der Waals surface area contributed by atoms with Gasteiger partial charge in [-0.3, -0.25) is 4.79 Å². The molecule has 0 radical (unpaired) electrons. The fourth-order valence-corrected chi connectivity index (χ4v) is 1.92. The fourth-order valence-electron chi connectivity index (χ4n) is 1.92. The van der Waals surface area contributed by atoms with Gasteiger partial charge in [0.05, 0.1) is 6.10 Å². The molecule has 0 N–H and O–H groups in total. The number of aryl methyl sites for hydroxylation is 1. The summed E-state index contributed by atoms with van der Waals surface area (Å²) in [5.41, 5.74) is 2.83. The van der Waals surface area contributed by atoms with E-state index in [9.17, 15) is 4.79 Å². The number of allylic oxidation sites excluding steroid dienone is 1. The summed E-state index contributed by atoms with van der Waals surface area (Å²) in [6, 6.07) is 15.3. The van der Waals surface area contributed by atoms with E-state index in [0.717, 1.165) is 16.9 Å². The summed E-state index contributed by atoms with van der Waals surface area (Å²) in [5, 5.41) is 0. The molecular formula is C19H20O2. The van der Waals surface area contributed by atoms with Gasteiger partial charge in [-0.1, -0.05) is 48.0 Å². The van der Waals surface area contributed by atoms with E-state index < -0.39 is 0 Å². The van der Waals surface area contributed by atoms with Crippen molar-refractivity contribution in [2.75, 3.05) is 0 Å². The Kier molecular flexibility index (Phi) is 4.94. The minimum atomic E-state index is 0.0116. The van der Waals surface area contributed by atoms with Crippen LogP contribution in [0.2, 0.25) is 0 Å². The van der Waals surface area contributed by atoms with Gasteiger partial charge in [-0.25, -0.2) is 0 Å². The van der Waals surface area contributed by atoms with E-state index in [1.54, 1.807) is 6.08 Å². The van der Waals surface area contributed by atoms with Gasteiger partial charge in [0.1, 0.15) is 5.75 Å². The van der Waals surface area contributed by atoms with Gasteiger partial charge in [0.15, 0.2) is 5.78 Å². The van der Waals surface area contributed by atoms with Crippen LogP contribution in [-0.4, -0.2) is 11.9 Å². The van der Waals surface area contributed by atoms with Gasteiger partial charge in [-0.15, -0.1) is 0 Å². The standard InChI is InChI=1S/C19H20O2/c1-14(2)21-18-11-6-16(7-12-18)8-13-19(20)17-9-4-15(3)5-10-17/h4-14H,1-3H3/b13-8+. The Labute approximate surface area is 126 Å². The Balaban J connectivity index is 2.03. The van der Waals surface area contributed by atoms with Gasteiger partial charge in [0.25, 0.3) is 0 Å². The first-order valence-corrected chi connectivity index (χ1v) is 7.10. The molecule has 0 fully saturated rings. The van der Waals surface area contributed by atoms with Crippen LogP contribution in [0.5, 0.6) is 5.75 Å². The Morgan fingerprint density at radius 2 is 1.62 bits per heavy atom. The Bertz CT molecular complexity index is 620. The molecule has 21 heavy (non-hydrogen) atoms. The van der Waals surface area contributed by atoms with Crippen molar-refractivity contribution < 1.29 is 9.53 Å². The number of hydrogen-bond acceptors (Lipinski definition) is 2. The second-order valence-electron chi connectivity index (χ2n) is 5.30. The summed E-state index contributed by atoms with van der Waals surface area (Å²) in [5.74, 6) is 0.851. The molecule has 0 amide bonds. The van der Waals surface area contributed by atoms with E-state index in [2.05, 4.69) is 0 Å². The molecule has 2 heteroatoms. The second kappa shape index (κ2) is 6.89. The maximum Gasteiger partial charge on any atom is 0.185 e. The zero-order chi connectivity index (χ0) is 15.2. The van der Waals surface area contributed by atoms with Gasteiger partial charge >= 0.3 is 0 Å². The Morgan fingerprint density at radius 1 is 1.00 bits per heavy atom. The van der Waals surface area contributed by atoms with Crippen LogP contribution >= 0.6 is 0 Å². The molecule has 0 aromatic heterocycles. The first-order chi connectivity index (χ1) is 10.0. The van der Waals surface area contributed by atoms with E-state index in [-0.39, 0.29) is 11.9 Å². The highest BCUT2D eigenvalue weighted by Gasteiger charge is 2.01. The maximum atomic E-state index is 12.0. The van der Waals surface area contributed by atoms with E-state index in [4.69, 9.17) is 4.74 Å². The van der Waals surface area contributed by atoms with Gasteiger partial charge in [-0.2, -0.15) is 0 Å². The number of carbonyl (C=O) groups excluding carboxylic acids is 1. The molecular weight excluding hydrogens is 260 g/mol. The van der Waals surface area contributed by atoms with Crippen LogP contribution in [0.25, 0.3) is 6.08 Å². The number of benzene rings is 2. The Hall–Kier alpha value is -2.35. The largest absolute Gasteiger partial charge is 0.491 e. The van der Waals surface area contributed by atoms with Crippen LogP contribution in [-0.2, 0) is 0 Å². The highest BCUT2D eigenvalue weighted by atomic mass is 16.5. The van der Waals surface area contributed by atoms with Gasteiger partial charge in [0, 0.05) is 5.56 Å². The topological polar surface area (TPSA) is 26.3 Å². The third-order valence-corrected chi connectivity index (χ3v) is 3.02. The lowest BCUT2D eigenvalue weighted by molar-refractivity contribution is 0.104. The van der Waals surface area contributed by atoms with Gasteiger partial charge in [0.2, 0.25) is 0 Å². The number of ether oxygens (including phenoxy) is 1. The molecule has 0 unspecified atom stereocenters. The van der Waals surface area contributed by atoms with Crippen LogP contribution < -0.4 is 4.74 Å². The number of rotatable bonds is 5. The summed E-state index contributed by atoms with van der Waals surface area (Å²) < 4.78 is 5.58. The molecule has 0 bridgehead atoms.